The zero-order chi connectivity index (χ0) is 9.68. The first-order valence-corrected chi connectivity index (χ1v) is 4.69. The molecule has 13 heavy (non-hydrogen) atoms. The Kier molecular flexibility index (Phi) is 4.18. The van der Waals surface area contributed by atoms with Crippen LogP contribution >= 0.6 is 0 Å². The Hall–Kier alpha value is -0.610. The highest BCUT2D eigenvalue weighted by Crippen LogP contribution is 2.19. The lowest BCUT2D eigenvalue weighted by Crippen LogP contribution is -2.42. The second-order valence-electron chi connectivity index (χ2n) is 3.20. The number of carbonyl (C=O) groups excluding carboxylic acids is 1. The van der Waals surface area contributed by atoms with Crippen LogP contribution in [0.15, 0.2) is 0 Å². The Morgan fingerprint density at radius 2 is 2.31 bits per heavy atom. The predicted octanol–water partition coefficient (Wildman–Crippen LogP) is 0.316. The molecule has 1 rings (SSSR count). The molecule has 0 heterocycles. The van der Waals surface area contributed by atoms with Crippen molar-refractivity contribution in [2.24, 2.45) is 0 Å². The molecule has 0 aromatic heterocycles. The largest absolute Gasteiger partial charge is 0.465 e. The highest BCUT2D eigenvalue weighted by atomic mass is 16.5. The predicted molar refractivity (Wildman–Crippen MR) is 48.5 cm³/mol. The average Bonchev–Trinajstić information content (AvgIpc) is 2.88. The molecule has 0 spiro atoms. The van der Waals surface area contributed by atoms with Gasteiger partial charge >= 0.3 is 5.97 Å². The molecule has 76 valence electrons. The number of methoxy groups -OCH3 is 1. The summed E-state index contributed by atoms with van der Waals surface area (Å²) in [6.45, 7) is 2.61. The summed E-state index contributed by atoms with van der Waals surface area (Å²) in [5.41, 5.74) is 0. The minimum atomic E-state index is -0.294. The van der Waals surface area contributed by atoms with Crippen molar-refractivity contribution >= 4 is 5.97 Å². The molecule has 1 aliphatic carbocycles. The smallest absolute Gasteiger partial charge is 0.325 e. The molecule has 0 bridgehead atoms. The van der Waals surface area contributed by atoms with Gasteiger partial charge in [-0.2, -0.15) is 0 Å². The number of nitrogens with one attached hydrogen (secondary N) is 1. The first-order valence-electron chi connectivity index (χ1n) is 4.69. The summed E-state index contributed by atoms with van der Waals surface area (Å²) in [4.78, 5) is 11.3. The molecule has 0 aromatic rings. The van der Waals surface area contributed by atoms with Crippen molar-refractivity contribution < 1.29 is 14.3 Å². The quantitative estimate of drug-likeness (QED) is 0.608. The number of carbonyl (C=O) groups is 1. The summed E-state index contributed by atoms with van der Waals surface area (Å²) in [5, 5.41) is 3.18. The van der Waals surface area contributed by atoms with Gasteiger partial charge in [0, 0.05) is 13.2 Å². The van der Waals surface area contributed by atoms with Crippen LogP contribution in [0.1, 0.15) is 19.8 Å². The van der Waals surface area contributed by atoms with Gasteiger partial charge in [-0.3, -0.25) is 10.1 Å². The summed E-state index contributed by atoms with van der Waals surface area (Å²) in [6, 6.07) is 0.196. The third kappa shape index (κ3) is 3.74. The Balaban J connectivity index is 2.29. The number of hydrogen-bond donors (Lipinski definition) is 1. The van der Waals surface area contributed by atoms with Crippen LogP contribution in [0, 0.1) is 0 Å². The zero-order valence-electron chi connectivity index (χ0n) is 8.21. The molecule has 1 fully saturated rings. The van der Waals surface area contributed by atoms with Crippen molar-refractivity contribution in [2.75, 3.05) is 20.3 Å². The molecule has 1 aliphatic rings. The number of esters is 1. The number of ether oxygens (including phenoxy) is 2. The van der Waals surface area contributed by atoms with Crippen LogP contribution in [0.5, 0.6) is 0 Å². The van der Waals surface area contributed by atoms with Gasteiger partial charge in [-0.15, -0.1) is 0 Å². The van der Waals surface area contributed by atoms with Crippen LogP contribution in [0.3, 0.4) is 0 Å². The van der Waals surface area contributed by atoms with Crippen molar-refractivity contribution in [3.05, 3.63) is 0 Å². The van der Waals surface area contributed by atoms with E-state index in [0.717, 1.165) is 12.8 Å². The van der Waals surface area contributed by atoms with E-state index in [9.17, 15) is 4.79 Å². The third-order valence-electron chi connectivity index (χ3n) is 1.92. The van der Waals surface area contributed by atoms with E-state index in [0.29, 0.717) is 19.3 Å². The monoisotopic (exact) mass is 187 g/mol. The van der Waals surface area contributed by atoms with E-state index in [1.165, 1.54) is 0 Å². The van der Waals surface area contributed by atoms with Gasteiger partial charge in [0.2, 0.25) is 0 Å². The number of hydrogen-bond acceptors (Lipinski definition) is 4. The third-order valence-corrected chi connectivity index (χ3v) is 1.92. The van der Waals surface area contributed by atoms with Crippen molar-refractivity contribution in [2.45, 2.75) is 31.8 Å². The molecule has 1 saturated carbocycles. The summed E-state index contributed by atoms with van der Waals surface area (Å²) in [5.74, 6) is -0.212. The molecule has 1 N–H and O–H groups in total. The van der Waals surface area contributed by atoms with Crippen molar-refractivity contribution in [1.82, 2.24) is 5.32 Å². The minimum Gasteiger partial charge on any atom is -0.465 e. The van der Waals surface area contributed by atoms with Gasteiger partial charge in [-0.05, 0) is 19.8 Å². The second-order valence-corrected chi connectivity index (χ2v) is 3.20. The van der Waals surface area contributed by atoms with E-state index in [1.54, 1.807) is 14.0 Å². The Bertz CT molecular complexity index is 168. The van der Waals surface area contributed by atoms with Gasteiger partial charge < -0.3 is 9.47 Å². The molecule has 1 atom stereocenters. The lowest BCUT2D eigenvalue weighted by atomic mass is 10.3. The van der Waals surface area contributed by atoms with E-state index in [2.05, 4.69) is 5.32 Å². The second kappa shape index (κ2) is 5.19. The SMILES string of the molecule is CCOC(=O)C(COC)NC1CC1. The average molecular weight is 187 g/mol. The van der Waals surface area contributed by atoms with E-state index in [1.807, 2.05) is 0 Å². The molecular formula is C9H17NO3. The van der Waals surface area contributed by atoms with Gasteiger partial charge in [-0.25, -0.2) is 0 Å². The van der Waals surface area contributed by atoms with Crippen LogP contribution < -0.4 is 5.32 Å². The molecular weight excluding hydrogens is 170 g/mol. The molecule has 0 amide bonds. The zero-order valence-corrected chi connectivity index (χ0v) is 8.21. The maximum absolute atomic E-state index is 11.3. The first-order chi connectivity index (χ1) is 6.27. The molecule has 0 aliphatic heterocycles. The van der Waals surface area contributed by atoms with Crippen molar-refractivity contribution in [3.8, 4) is 0 Å². The fourth-order valence-electron chi connectivity index (χ4n) is 1.13. The lowest BCUT2D eigenvalue weighted by Gasteiger charge is -2.15. The number of rotatable bonds is 6. The van der Waals surface area contributed by atoms with E-state index >= 15 is 0 Å². The summed E-state index contributed by atoms with van der Waals surface area (Å²) in [7, 11) is 1.58. The maximum Gasteiger partial charge on any atom is 0.325 e. The normalized spacial score (nSPS) is 18.3. The van der Waals surface area contributed by atoms with Gasteiger partial charge in [0.15, 0.2) is 0 Å². The highest BCUT2D eigenvalue weighted by molar-refractivity contribution is 5.76. The first kappa shape index (κ1) is 10.5. The summed E-state index contributed by atoms with van der Waals surface area (Å²) < 4.78 is 9.84. The molecule has 0 radical (unpaired) electrons. The Morgan fingerprint density at radius 3 is 2.77 bits per heavy atom. The molecule has 0 saturated heterocycles. The summed E-state index contributed by atoms with van der Waals surface area (Å²) >= 11 is 0. The van der Waals surface area contributed by atoms with E-state index in [4.69, 9.17) is 9.47 Å². The fourth-order valence-corrected chi connectivity index (χ4v) is 1.13. The standard InChI is InChI=1S/C9H17NO3/c1-3-13-9(11)8(6-12-2)10-7-4-5-7/h7-8,10H,3-6H2,1-2H3. The fraction of sp³-hybridized carbons (Fsp3) is 0.889. The topological polar surface area (TPSA) is 47.6 Å². The maximum atomic E-state index is 11.3. The van der Waals surface area contributed by atoms with Crippen molar-refractivity contribution in [3.63, 3.8) is 0 Å². The lowest BCUT2D eigenvalue weighted by molar-refractivity contribution is -0.147. The van der Waals surface area contributed by atoms with Crippen LogP contribution in [0.4, 0.5) is 0 Å². The van der Waals surface area contributed by atoms with Crippen LogP contribution in [0.2, 0.25) is 0 Å². The molecule has 4 heteroatoms. The van der Waals surface area contributed by atoms with Gasteiger partial charge in [0.05, 0.1) is 13.2 Å². The van der Waals surface area contributed by atoms with Crippen LogP contribution in [0.25, 0.3) is 0 Å². The van der Waals surface area contributed by atoms with Crippen LogP contribution in [-0.4, -0.2) is 38.4 Å². The van der Waals surface area contributed by atoms with Gasteiger partial charge in [0.25, 0.3) is 0 Å². The molecule has 1 unspecified atom stereocenters. The van der Waals surface area contributed by atoms with E-state index in [-0.39, 0.29) is 12.0 Å². The molecule has 0 aromatic carbocycles. The minimum absolute atomic E-state index is 0.212. The Morgan fingerprint density at radius 1 is 1.62 bits per heavy atom. The summed E-state index contributed by atoms with van der Waals surface area (Å²) in [6.07, 6.45) is 2.30. The molecule has 4 nitrogen and oxygen atoms in total. The highest BCUT2D eigenvalue weighted by Gasteiger charge is 2.28. The van der Waals surface area contributed by atoms with Gasteiger partial charge in [-0.1, -0.05) is 0 Å². The van der Waals surface area contributed by atoms with Gasteiger partial charge in [0.1, 0.15) is 6.04 Å². The van der Waals surface area contributed by atoms with Crippen LogP contribution in [-0.2, 0) is 14.3 Å². The van der Waals surface area contributed by atoms with Crippen molar-refractivity contribution in [1.29, 1.82) is 0 Å². The Labute approximate surface area is 78.6 Å². The van der Waals surface area contributed by atoms with E-state index < -0.39 is 0 Å².